The second kappa shape index (κ2) is 7.05. The minimum atomic E-state index is -4.65. The highest BCUT2D eigenvalue weighted by Crippen LogP contribution is 2.44. The third-order valence-electron chi connectivity index (χ3n) is 5.84. The van der Waals surface area contributed by atoms with Crippen LogP contribution in [0.3, 0.4) is 0 Å². The number of rotatable bonds is 2. The number of aromatic nitrogens is 3. The molecule has 160 valence electrons. The Labute approximate surface area is 179 Å². The van der Waals surface area contributed by atoms with Crippen molar-refractivity contribution in [1.82, 2.24) is 19.7 Å². The van der Waals surface area contributed by atoms with Crippen molar-refractivity contribution >= 4 is 17.5 Å². The molecule has 0 radical (unpaired) electrons. The van der Waals surface area contributed by atoms with Crippen LogP contribution in [-0.2, 0) is 12.7 Å². The van der Waals surface area contributed by atoms with E-state index in [2.05, 4.69) is 10.2 Å². The van der Waals surface area contributed by atoms with Crippen molar-refractivity contribution in [3.05, 3.63) is 70.3 Å². The summed E-state index contributed by atoms with van der Waals surface area (Å²) in [5.41, 5.74) is -0.522. The van der Waals surface area contributed by atoms with E-state index < -0.39 is 28.7 Å². The first-order chi connectivity index (χ1) is 14.8. The van der Waals surface area contributed by atoms with Crippen LogP contribution in [0.2, 0.25) is 5.02 Å². The first-order valence-electron chi connectivity index (χ1n) is 9.63. The summed E-state index contributed by atoms with van der Waals surface area (Å²) in [7, 11) is 0. The summed E-state index contributed by atoms with van der Waals surface area (Å²) in [4.78, 5) is 14.8. The van der Waals surface area contributed by atoms with E-state index in [4.69, 9.17) is 11.6 Å². The molecule has 0 spiro atoms. The van der Waals surface area contributed by atoms with Crippen LogP contribution in [0.25, 0.3) is 11.4 Å². The van der Waals surface area contributed by atoms with Gasteiger partial charge in [0.1, 0.15) is 5.82 Å². The second-order valence-corrected chi connectivity index (χ2v) is 8.00. The number of fused-ring (bicyclic) bond motifs is 4. The maximum atomic E-state index is 13.3. The van der Waals surface area contributed by atoms with Crippen molar-refractivity contribution in [2.75, 3.05) is 0 Å². The highest BCUT2D eigenvalue weighted by atomic mass is 35.5. The molecule has 10 heteroatoms. The van der Waals surface area contributed by atoms with Crippen LogP contribution in [0.1, 0.15) is 40.6 Å². The Kier molecular flexibility index (Phi) is 4.55. The van der Waals surface area contributed by atoms with Gasteiger partial charge in [0.25, 0.3) is 5.91 Å². The number of halogens is 5. The van der Waals surface area contributed by atoms with Crippen LogP contribution in [0, 0.1) is 5.82 Å². The Bertz CT molecular complexity index is 1180. The van der Waals surface area contributed by atoms with Crippen LogP contribution in [0.5, 0.6) is 0 Å². The van der Waals surface area contributed by atoms with Gasteiger partial charge in [-0.2, -0.15) is 13.2 Å². The minimum absolute atomic E-state index is 0.180. The molecule has 2 aromatic carbocycles. The second-order valence-electron chi connectivity index (χ2n) is 7.62. The smallest absolute Gasteiger partial charge is 0.324 e. The van der Waals surface area contributed by atoms with E-state index in [1.54, 1.807) is 17.0 Å². The van der Waals surface area contributed by atoms with Crippen LogP contribution in [0.15, 0.2) is 42.5 Å². The Morgan fingerprint density at radius 3 is 2.52 bits per heavy atom. The Balaban J connectivity index is 1.51. The molecular formula is C21H15ClF4N4O. The van der Waals surface area contributed by atoms with Crippen molar-refractivity contribution in [3.63, 3.8) is 0 Å². The van der Waals surface area contributed by atoms with E-state index in [-0.39, 0.29) is 17.4 Å². The molecule has 1 amide bonds. The standard InChI is InChI=1S/C21H15ClF4N4O/c22-17-14(2-1-3-15(17)21(24,25)26)20(31)30-13-8-9-16(30)19-28-27-18(29(19)10-13)11-4-6-12(23)7-5-11/h1-7,13,16H,8-10H2/t13-,16?/m0/s1. The third kappa shape index (κ3) is 3.18. The van der Waals surface area contributed by atoms with Gasteiger partial charge >= 0.3 is 6.18 Å². The maximum absolute atomic E-state index is 13.3. The van der Waals surface area contributed by atoms with E-state index in [1.807, 2.05) is 4.57 Å². The fourth-order valence-corrected chi connectivity index (χ4v) is 4.76. The Hall–Kier alpha value is -2.94. The average molecular weight is 451 g/mol. The van der Waals surface area contributed by atoms with Gasteiger partial charge in [-0.15, -0.1) is 10.2 Å². The molecule has 1 aromatic heterocycles. The van der Waals surface area contributed by atoms with Crippen molar-refractivity contribution in [2.45, 2.75) is 37.6 Å². The van der Waals surface area contributed by atoms with Crippen LogP contribution >= 0.6 is 11.6 Å². The summed E-state index contributed by atoms with van der Waals surface area (Å²) in [5, 5.41) is 7.88. The first-order valence-corrected chi connectivity index (χ1v) is 10.0. The zero-order valence-corrected chi connectivity index (χ0v) is 16.7. The van der Waals surface area contributed by atoms with Crippen LogP contribution in [-0.4, -0.2) is 31.6 Å². The SMILES string of the molecule is O=C(c1cccc(C(F)(F)F)c1Cl)N1C2CC[C@H]1Cn1c(-c3ccc(F)cc3)nnc12. The first kappa shape index (κ1) is 20.0. The molecule has 1 unspecified atom stereocenters. The summed E-state index contributed by atoms with van der Waals surface area (Å²) < 4.78 is 54.9. The lowest BCUT2D eigenvalue weighted by molar-refractivity contribution is -0.137. The van der Waals surface area contributed by atoms with Gasteiger partial charge in [-0.1, -0.05) is 17.7 Å². The molecule has 2 aliphatic heterocycles. The van der Waals surface area contributed by atoms with Crippen molar-refractivity contribution in [1.29, 1.82) is 0 Å². The predicted octanol–water partition coefficient (Wildman–Crippen LogP) is 5.12. The molecule has 1 fully saturated rings. The third-order valence-corrected chi connectivity index (χ3v) is 6.25. The fraction of sp³-hybridized carbons (Fsp3) is 0.286. The number of carbonyl (C=O) groups is 1. The van der Waals surface area contributed by atoms with E-state index in [9.17, 15) is 22.4 Å². The van der Waals surface area contributed by atoms with Gasteiger partial charge in [-0.25, -0.2) is 4.39 Å². The number of hydrogen-bond acceptors (Lipinski definition) is 3. The number of carbonyl (C=O) groups excluding carboxylic acids is 1. The summed E-state index contributed by atoms with van der Waals surface area (Å²) in [6, 6.07) is 8.58. The molecule has 3 heterocycles. The predicted molar refractivity (Wildman–Crippen MR) is 104 cm³/mol. The molecule has 0 N–H and O–H groups in total. The molecule has 0 saturated carbocycles. The van der Waals surface area contributed by atoms with Crippen molar-refractivity contribution in [2.24, 2.45) is 0 Å². The van der Waals surface area contributed by atoms with Crippen molar-refractivity contribution in [3.8, 4) is 11.4 Å². The van der Waals surface area contributed by atoms with E-state index in [1.165, 1.54) is 24.3 Å². The minimum Gasteiger partial charge on any atom is -0.324 e. The molecule has 5 nitrogen and oxygen atoms in total. The molecule has 3 aromatic rings. The molecule has 5 rings (SSSR count). The highest BCUT2D eigenvalue weighted by Gasteiger charge is 2.46. The number of hydrogen-bond donors (Lipinski definition) is 0. The summed E-state index contributed by atoms with van der Waals surface area (Å²) in [6.45, 7) is 0.397. The molecule has 2 bridgehead atoms. The maximum Gasteiger partial charge on any atom is 0.417 e. The van der Waals surface area contributed by atoms with E-state index in [0.717, 1.165) is 6.07 Å². The van der Waals surface area contributed by atoms with Crippen LogP contribution in [0.4, 0.5) is 17.6 Å². The van der Waals surface area contributed by atoms with Gasteiger partial charge in [-0.05, 0) is 49.2 Å². The normalized spacial score (nSPS) is 20.1. The number of alkyl halides is 3. The summed E-state index contributed by atoms with van der Waals surface area (Å²) in [5.74, 6) is 0.207. The molecule has 2 atom stereocenters. The summed E-state index contributed by atoms with van der Waals surface area (Å²) in [6.07, 6.45) is -3.35. The van der Waals surface area contributed by atoms with Gasteiger partial charge in [0, 0.05) is 12.1 Å². The highest BCUT2D eigenvalue weighted by molar-refractivity contribution is 6.34. The average Bonchev–Trinajstić information content (AvgIpc) is 3.28. The monoisotopic (exact) mass is 450 g/mol. The lowest BCUT2D eigenvalue weighted by atomic mass is 10.1. The van der Waals surface area contributed by atoms with E-state index >= 15 is 0 Å². The topological polar surface area (TPSA) is 51.0 Å². The molecule has 0 aliphatic carbocycles. The number of amides is 1. The molecule has 31 heavy (non-hydrogen) atoms. The zero-order chi connectivity index (χ0) is 21.9. The lowest BCUT2D eigenvalue weighted by Crippen LogP contribution is -2.44. The summed E-state index contributed by atoms with van der Waals surface area (Å²) >= 11 is 5.99. The number of nitrogens with zero attached hydrogens (tertiary/aromatic N) is 4. The van der Waals surface area contributed by atoms with Gasteiger partial charge in [0.2, 0.25) is 0 Å². The molecule has 2 aliphatic rings. The van der Waals surface area contributed by atoms with Gasteiger partial charge in [-0.3, -0.25) is 4.79 Å². The van der Waals surface area contributed by atoms with Gasteiger partial charge in [0.15, 0.2) is 11.6 Å². The quantitative estimate of drug-likeness (QED) is 0.509. The molecule has 1 saturated heterocycles. The Morgan fingerprint density at radius 2 is 1.81 bits per heavy atom. The van der Waals surface area contributed by atoms with Gasteiger partial charge in [0.05, 0.1) is 28.2 Å². The van der Waals surface area contributed by atoms with Crippen molar-refractivity contribution < 1.29 is 22.4 Å². The largest absolute Gasteiger partial charge is 0.417 e. The molecular weight excluding hydrogens is 436 g/mol. The fourth-order valence-electron chi connectivity index (χ4n) is 4.44. The Morgan fingerprint density at radius 1 is 1.06 bits per heavy atom. The number of benzene rings is 2. The van der Waals surface area contributed by atoms with Crippen LogP contribution < -0.4 is 0 Å². The van der Waals surface area contributed by atoms with Gasteiger partial charge < -0.3 is 9.47 Å². The zero-order valence-electron chi connectivity index (χ0n) is 15.9. The lowest BCUT2D eigenvalue weighted by Gasteiger charge is -2.35. The van der Waals surface area contributed by atoms with E-state index in [0.29, 0.717) is 36.6 Å².